The molecule has 15 heavy (non-hydrogen) atoms. The minimum absolute atomic E-state index is 0.791. The first-order valence-electron chi connectivity index (χ1n) is 4.59. The molecule has 4 nitrogen and oxygen atoms in total. The third-order valence-corrected chi connectivity index (χ3v) is 2.60. The molecular weight excluding hydrogens is 303 g/mol. The highest BCUT2D eigenvalue weighted by Gasteiger charge is 2.04. The van der Waals surface area contributed by atoms with E-state index in [1.807, 2.05) is 36.4 Å². The largest absolute Gasteiger partial charge is 0.316 e. The molecule has 0 atom stereocenters. The molecule has 78 valence electrons. The summed E-state index contributed by atoms with van der Waals surface area (Å²) in [6.07, 6.45) is 7.47. The van der Waals surface area contributed by atoms with Crippen LogP contribution in [0.4, 0.5) is 0 Å². The van der Waals surface area contributed by atoms with Gasteiger partial charge in [-0.15, -0.1) is 0 Å². The van der Waals surface area contributed by atoms with Crippen LogP contribution < -0.4 is 5.32 Å². The molecule has 0 unspecified atom stereocenters. The molecule has 0 bridgehead atoms. The Morgan fingerprint density at radius 1 is 1.47 bits per heavy atom. The first kappa shape index (κ1) is 10.6. The second-order valence-electron chi connectivity index (χ2n) is 3.14. The van der Waals surface area contributed by atoms with Crippen molar-refractivity contribution in [2.75, 3.05) is 7.05 Å². The van der Waals surface area contributed by atoms with Crippen LogP contribution in [0, 0.1) is 3.57 Å². The standard InChI is InChI=1S/C10H11IN4/c1-12-4-8-5-13-3-2-10(8)15-7-9(11)6-14-15/h2-3,5-7,12H,4H2,1H3. The molecule has 5 heteroatoms. The lowest BCUT2D eigenvalue weighted by Crippen LogP contribution is -2.09. The van der Waals surface area contributed by atoms with Gasteiger partial charge in [0.2, 0.25) is 0 Å². The Kier molecular flexibility index (Phi) is 3.32. The lowest BCUT2D eigenvalue weighted by molar-refractivity contribution is 0.783. The van der Waals surface area contributed by atoms with Gasteiger partial charge in [0, 0.05) is 30.7 Å². The zero-order chi connectivity index (χ0) is 10.7. The maximum absolute atomic E-state index is 4.28. The molecular formula is C10H11IN4. The lowest BCUT2D eigenvalue weighted by atomic mass is 10.2. The van der Waals surface area contributed by atoms with Crippen molar-refractivity contribution in [3.05, 3.63) is 40.0 Å². The maximum Gasteiger partial charge on any atom is 0.0721 e. The van der Waals surface area contributed by atoms with E-state index in [9.17, 15) is 0 Å². The molecule has 0 fully saturated rings. The molecule has 0 aliphatic rings. The van der Waals surface area contributed by atoms with Crippen LogP contribution in [0.5, 0.6) is 0 Å². The normalized spacial score (nSPS) is 10.5. The average Bonchev–Trinajstić information content (AvgIpc) is 2.66. The molecule has 2 rings (SSSR count). The molecule has 0 aliphatic carbocycles. The summed E-state index contributed by atoms with van der Waals surface area (Å²) in [6.45, 7) is 0.791. The number of aromatic nitrogens is 3. The fourth-order valence-electron chi connectivity index (χ4n) is 1.40. The van der Waals surface area contributed by atoms with Crippen molar-refractivity contribution in [1.29, 1.82) is 0 Å². The smallest absolute Gasteiger partial charge is 0.0721 e. The predicted molar refractivity (Wildman–Crippen MR) is 66.8 cm³/mol. The number of halogens is 1. The number of hydrogen-bond acceptors (Lipinski definition) is 3. The van der Waals surface area contributed by atoms with E-state index >= 15 is 0 Å². The van der Waals surface area contributed by atoms with Gasteiger partial charge in [-0.25, -0.2) is 4.68 Å². The van der Waals surface area contributed by atoms with E-state index in [0.717, 1.165) is 21.4 Å². The number of pyridine rings is 1. The first-order valence-corrected chi connectivity index (χ1v) is 5.67. The Morgan fingerprint density at radius 2 is 2.33 bits per heavy atom. The van der Waals surface area contributed by atoms with Gasteiger partial charge in [-0.2, -0.15) is 5.10 Å². The third-order valence-electron chi connectivity index (χ3n) is 2.04. The van der Waals surface area contributed by atoms with Crippen molar-refractivity contribution in [2.45, 2.75) is 6.54 Å². The number of nitrogens with one attached hydrogen (secondary N) is 1. The SMILES string of the molecule is CNCc1cnccc1-n1cc(I)cn1. The summed E-state index contributed by atoms with van der Waals surface area (Å²) < 4.78 is 3.00. The van der Waals surface area contributed by atoms with E-state index in [0.29, 0.717) is 0 Å². The molecule has 1 N–H and O–H groups in total. The molecule has 2 heterocycles. The van der Waals surface area contributed by atoms with Gasteiger partial charge in [-0.05, 0) is 35.7 Å². The molecule has 2 aromatic rings. The fraction of sp³-hybridized carbons (Fsp3) is 0.200. The minimum atomic E-state index is 0.791. The summed E-state index contributed by atoms with van der Waals surface area (Å²) in [4.78, 5) is 4.11. The van der Waals surface area contributed by atoms with Crippen molar-refractivity contribution in [2.24, 2.45) is 0 Å². The molecule has 2 aromatic heterocycles. The van der Waals surface area contributed by atoms with Crippen LogP contribution in [0.15, 0.2) is 30.9 Å². The Balaban J connectivity index is 2.42. The highest BCUT2D eigenvalue weighted by molar-refractivity contribution is 14.1. The predicted octanol–water partition coefficient (Wildman–Crippen LogP) is 1.59. The van der Waals surface area contributed by atoms with E-state index in [1.54, 1.807) is 6.20 Å². The van der Waals surface area contributed by atoms with Gasteiger partial charge in [0.1, 0.15) is 0 Å². The van der Waals surface area contributed by atoms with Crippen molar-refractivity contribution in [3.63, 3.8) is 0 Å². The van der Waals surface area contributed by atoms with Gasteiger partial charge in [-0.3, -0.25) is 4.98 Å². The number of rotatable bonds is 3. The Morgan fingerprint density at radius 3 is 3.00 bits per heavy atom. The molecule has 0 radical (unpaired) electrons. The Labute approximate surface area is 102 Å². The second-order valence-corrected chi connectivity index (χ2v) is 4.38. The summed E-state index contributed by atoms with van der Waals surface area (Å²) in [5.41, 5.74) is 2.21. The van der Waals surface area contributed by atoms with Gasteiger partial charge < -0.3 is 5.32 Å². The van der Waals surface area contributed by atoms with Crippen LogP contribution in [-0.4, -0.2) is 21.8 Å². The number of nitrogens with zero attached hydrogens (tertiary/aromatic N) is 3. The van der Waals surface area contributed by atoms with Crippen LogP contribution >= 0.6 is 22.6 Å². The topological polar surface area (TPSA) is 42.7 Å². The van der Waals surface area contributed by atoms with Gasteiger partial charge in [0.05, 0.1) is 15.5 Å². The van der Waals surface area contributed by atoms with Crippen LogP contribution in [0.25, 0.3) is 5.69 Å². The average molecular weight is 314 g/mol. The van der Waals surface area contributed by atoms with E-state index in [-0.39, 0.29) is 0 Å². The highest BCUT2D eigenvalue weighted by atomic mass is 127. The lowest BCUT2D eigenvalue weighted by Gasteiger charge is -2.07. The van der Waals surface area contributed by atoms with E-state index in [4.69, 9.17) is 0 Å². The molecule has 0 aromatic carbocycles. The summed E-state index contributed by atoms with van der Waals surface area (Å²) >= 11 is 2.25. The van der Waals surface area contributed by atoms with Gasteiger partial charge in [0.25, 0.3) is 0 Å². The number of hydrogen-bond donors (Lipinski definition) is 1. The van der Waals surface area contributed by atoms with Crippen molar-refractivity contribution in [3.8, 4) is 5.69 Å². The van der Waals surface area contributed by atoms with E-state index < -0.39 is 0 Å². The summed E-state index contributed by atoms with van der Waals surface area (Å²) in [7, 11) is 1.92. The first-order chi connectivity index (χ1) is 7.31. The minimum Gasteiger partial charge on any atom is -0.316 e. The van der Waals surface area contributed by atoms with E-state index in [1.165, 1.54) is 0 Å². The van der Waals surface area contributed by atoms with Crippen LogP contribution in [0.3, 0.4) is 0 Å². The summed E-state index contributed by atoms with van der Waals surface area (Å²) in [5.74, 6) is 0. The van der Waals surface area contributed by atoms with Gasteiger partial charge in [0.15, 0.2) is 0 Å². The molecule has 0 aliphatic heterocycles. The van der Waals surface area contributed by atoms with Crippen LogP contribution in [0.1, 0.15) is 5.56 Å². The fourth-order valence-corrected chi connectivity index (χ4v) is 1.79. The van der Waals surface area contributed by atoms with Crippen LogP contribution in [-0.2, 0) is 6.54 Å². The highest BCUT2D eigenvalue weighted by Crippen LogP contribution is 2.13. The summed E-state index contributed by atoms with van der Waals surface area (Å²) in [6, 6.07) is 1.97. The van der Waals surface area contributed by atoms with Gasteiger partial charge in [-0.1, -0.05) is 0 Å². The summed E-state index contributed by atoms with van der Waals surface area (Å²) in [5, 5.41) is 7.40. The maximum atomic E-state index is 4.28. The van der Waals surface area contributed by atoms with Crippen LogP contribution in [0.2, 0.25) is 0 Å². The Bertz CT molecular complexity index is 452. The second kappa shape index (κ2) is 4.71. The zero-order valence-electron chi connectivity index (χ0n) is 8.31. The molecule has 0 saturated heterocycles. The monoisotopic (exact) mass is 314 g/mol. The van der Waals surface area contributed by atoms with Crippen molar-refractivity contribution < 1.29 is 0 Å². The van der Waals surface area contributed by atoms with E-state index in [2.05, 4.69) is 38.0 Å². The van der Waals surface area contributed by atoms with Crippen molar-refractivity contribution in [1.82, 2.24) is 20.1 Å². The molecule has 0 spiro atoms. The molecule has 0 saturated carbocycles. The quantitative estimate of drug-likeness (QED) is 0.875. The zero-order valence-corrected chi connectivity index (χ0v) is 10.5. The Hall–Kier alpha value is -0.950. The van der Waals surface area contributed by atoms with Gasteiger partial charge >= 0.3 is 0 Å². The molecule has 0 amide bonds. The van der Waals surface area contributed by atoms with Crippen molar-refractivity contribution >= 4 is 22.6 Å². The third kappa shape index (κ3) is 2.35.